The van der Waals surface area contributed by atoms with Gasteiger partial charge in [-0.3, -0.25) is 4.79 Å². The van der Waals surface area contributed by atoms with E-state index in [1.165, 1.54) is 14.2 Å². The van der Waals surface area contributed by atoms with E-state index in [0.717, 1.165) is 9.87 Å². The molecule has 0 aliphatic heterocycles. The predicted molar refractivity (Wildman–Crippen MR) is 81.3 cm³/mol. The number of esters is 1. The van der Waals surface area contributed by atoms with Crippen LogP contribution in [0.25, 0.3) is 0 Å². The van der Waals surface area contributed by atoms with Gasteiger partial charge in [-0.1, -0.05) is 23.7 Å². The summed E-state index contributed by atoms with van der Waals surface area (Å²) in [5.41, 5.74) is 0.947. The molecule has 1 aromatic carbocycles. The first-order valence-corrected chi connectivity index (χ1v) is 8.19. The average molecular weight is 335 g/mol. The van der Waals surface area contributed by atoms with Crippen LogP contribution < -0.4 is 4.72 Å². The quantitative estimate of drug-likeness (QED) is 0.725. The van der Waals surface area contributed by atoms with Gasteiger partial charge in [-0.25, -0.2) is 4.72 Å². The number of carbonyl (C=O) groups excluding carboxylic acids is 1. The fraction of sp³-hybridized carbons (Fsp3) is 0.462. The molecular weight excluding hydrogens is 316 g/mol. The molecule has 0 spiro atoms. The molecule has 1 rings (SSSR count). The zero-order valence-electron chi connectivity index (χ0n) is 12.0. The van der Waals surface area contributed by atoms with Crippen molar-refractivity contribution in [3.05, 3.63) is 34.9 Å². The molecule has 21 heavy (non-hydrogen) atoms. The van der Waals surface area contributed by atoms with Gasteiger partial charge < -0.3 is 4.74 Å². The molecule has 8 heteroatoms. The Kier molecular flexibility index (Phi) is 7.10. The van der Waals surface area contributed by atoms with Crippen molar-refractivity contribution in [3.63, 3.8) is 0 Å². The number of methoxy groups -OCH3 is 1. The van der Waals surface area contributed by atoms with Crippen LogP contribution >= 0.6 is 11.6 Å². The molecule has 0 atom stereocenters. The molecule has 0 saturated heterocycles. The predicted octanol–water partition coefficient (Wildman–Crippen LogP) is 1.21. The normalized spacial score (nSPS) is 11.6. The smallest absolute Gasteiger partial charge is 0.306 e. The SMILES string of the molecule is COC(=O)CCN(C)S(=O)(=O)NCCc1cccc(Cl)c1. The molecule has 0 unspecified atom stereocenters. The second-order valence-electron chi connectivity index (χ2n) is 4.43. The molecule has 1 aromatic rings. The van der Waals surface area contributed by atoms with E-state index in [1.54, 1.807) is 12.1 Å². The monoisotopic (exact) mass is 334 g/mol. The van der Waals surface area contributed by atoms with Gasteiger partial charge in [0.15, 0.2) is 0 Å². The largest absolute Gasteiger partial charge is 0.469 e. The lowest BCUT2D eigenvalue weighted by Gasteiger charge is -2.17. The Morgan fingerprint density at radius 2 is 2.14 bits per heavy atom. The van der Waals surface area contributed by atoms with E-state index in [2.05, 4.69) is 9.46 Å². The molecule has 0 aromatic heterocycles. The highest BCUT2D eigenvalue weighted by Gasteiger charge is 2.17. The molecule has 6 nitrogen and oxygen atoms in total. The van der Waals surface area contributed by atoms with Crippen LogP contribution in [0.1, 0.15) is 12.0 Å². The molecule has 0 fully saturated rings. The fourth-order valence-electron chi connectivity index (χ4n) is 1.60. The Hall–Kier alpha value is -1.15. The van der Waals surface area contributed by atoms with Crippen molar-refractivity contribution in [2.45, 2.75) is 12.8 Å². The summed E-state index contributed by atoms with van der Waals surface area (Å²) in [7, 11) is -0.931. The van der Waals surface area contributed by atoms with Gasteiger partial charge in [0.1, 0.15) is 0 Å². The molecule has 0 aliphatic carbocycles. The third-order valence-corrected chi connectivity index (χ3v) is 4.66. The third-order valence-electron chi connectivity index (χ3n) is 2.86. The highest BCUT2D eigenvalue weighted by atomic mass is 35.5. The van der Waals surface area contributed by atoms with E-state index in [1.807, 2.05) is 12.1 Å². The summed E-state index contributed by atoms with van der Waals surface area (Å²) >= 11 is 5.86. The van der Waals surface area contributed by atoms with Crippen molar-refractivity contribution < 1.29 is 17.9 Å². The minimum absolute atomic E-state index is 0.0161. The van der Waals surface area contributed by atoms with E-state index in [0.29, 0.717) is 11.4 Å². The summed E-state index contributed by atoms with van der Waals surface area (Å²) in [6.45, 7) is 0.324. The summed E-state index contributed by atoms with van der Waals surface area (Å²) in [4.78, 5) is 11.0. The number of halogens is 1. The first-order valence-electron chi connectivity index (χ1n) is 6.37. The maximum atomic E-state index is 11.9. The van der Waals surface area contributed by atoms with Crippen LogP contribution in [0.5, 0.6) is 0 Å². The molecule has 0 heterocycles. The zero-order valence-corrected chi connectivity index (χ0v) is 13.6. The van der Waals surface area contributed by atoms with Gasteiger partial charge >= 0.3 is 5.97 Å². The Balaban J connectivity index is 2.43. The summed E-state index contributed by atoms with van der Waals surface area (Å²) in [5, 5.41) is 0.616. The van der Waals surface area contributed by atoms with E-state index in [-0.39, 0.29) is 19.5 Å². The molecular formula is C13H19ClN2O4S. The van der Waals surface area contributed by atoms with E-state index >= 15 is 0 Å². The lowest BCUT2D eigenvalue weighted by Crippen LogP contribution is -2.40. The minimum Gasteiger partial charge on any atom is -0.469 e. The molecule has 0 bridgehead atoms. The van der Waals surface area contributed by atoms with Gasteiger partial charge in [0.2, 0.25) is 0 Å². The fourth-order valence-corrected chi connectivity index (χ4v) is 2.72. The Labute approximate surface area is 130 Å². The van der Waals surface area contributed by atoms with Gasteiger partial charge in [0.05, 0.1) is 13.5 Å². The number of nitrogens with zero attached hydrogens (tertiary/aromatic N) is 1. The van der Waals surface area contributed by atoms with Crippen LogP contribution in [0.15, 0.2) is 24.3 Å². The van der Waals surface area contributed by atoms with Gasteiger partial charge in [0.25, 0.3) is 10.2 Å². The lowest BCUT2D eigenvalue weighted by atomic mass is 10.2. The summed E-state index contributed by atoms with van der Waals surface area (Å²) in [6, 6.07) is 7.24. The number of rotatable bonds is 8. The van der Waals surface area contributed by atoms with Crippen molar-refractivity contribution in [1.29, 1.82) is 0 Å². The van der Waals surface area contributed by atoms with Crippen molar-refractivity contribution >= 4 is 27.8 Å². The van der Waals surface area contributed by atoms with Crippen LogP contribution in [-0.4, -0.2) is 45.9 Å². The van der Waals surface area contributed by atoms with Crippen LogP contribution in [0.2, 0.25) is 5.02 Å². The average Bonchev–Trinajstić information content (AvgIpc) is 2.44. The second kappa shape index (κ2) is 8.33. The minimum atomic E-state index is -3.60. The van der Waals surface area contributed by atoms with Crippen molar-refractivity contribution in [2.75, 3.05) is 27.2 Å². The topological polar surface area (TPSA) is 75.7 Å². The number of benzene rings is 1. The maximum Gasteiger partial charge on any atom is 0.306 e. The number of carbonyl (C=O) groups is 1. The number of hydrogen-bond donors (Lipinski definition) is 1. The maximum absolute atomic E-state index is 11.9. The molecule has 118 valence electrons. The number of nitrogens with one attached hydrogen (secondary N) is 1. The van der Waals surface area contributed by atoms with Crippen LogP contribution in [-0.2, 0) is 26.2 Å². The van der Waals surface area contributed by atoms with Crippen molar-refractivity contribution in [2.24, 2.45) is 0 Å². The van der Waals surface area contributed by atoms with Gasteiger partial charge in [-0.05, 0) is 24.1 Å². The molecule has 1 N–H and O–H groups in total. The van der Waals surface area contributed by atoms with Crippen LogP contribution in [0, 0.1) is 0 Å². The zero-order chi connectivity index (χ0) is 15.9. The van der Waals surface area contributed by atoms with Gasteiger partial charge in [0, 0.05) is 25.2 Å². The molecule has 0 saturated carbocycles. The van der Waals surface area contributed by atoms with Crippen molar-refractivity contribution in [1.82, 2.24) is 9.03 Å². The number of ether oxygens (including phenoxy) is 1. The Morgan fingerprint density at radius 1 is 1.43 bits per heavy atom. The Morgan fingerprint density at radius 3 is 2.76 bits per heavy atom. The standard InChI is InChI=1S/C13H19ClN2O4S/c1-16(9-7-13(17)20-2)21(18,19)15-8-6-11-4-3-5-12(14)10-11/h3-5,10,15H,6-9H2,1-2H3. The van der Waals surface area contributed by atoms with E-state index in [4.69, 9.17) is 11.6 Å². The summed E-state index contributed by atoms with van der Waals surface area (Å²) < 4.78 is 31.9. The summed E-state index contributed by atoms with van der Waals surface area (Å²) in [5.74, 6) is -0.448. The molecule has 0 aliphatic rings. The highest BCUT2D eigenvalue weighted by molar-refractivity contribution is 7.87. The van der Waals surface area contributed by atoms with E-state index in [9.17, 15) is 13.2 Å². The number of hydrogen-bond acceptors (Lipinski definition) is 4. The second-order valence-corrected chi connectivity index (χ2v) is 6.73. The van der Waals surface area contributed by atoms with Crippen LogP contribution in [0.4, 0.5) is 0 Å². The van der Waals surface area contributed by atoms with Crippen molar-refractivity contribution in [3.8, 4) is 0 Å². The first kappa shape index (κ1) is 17.9. The van der Waals surface area contributed by atoms with Crippen LogP contribution in [0.3, 0.4) is 0 Å². The first-order chi connectivity index (χ1) is 9.85. The highest BCUT2D eigenvalue weighted by Crippen LogP contribution is 2.10. The molecule has 0 radical (unpaired) electrons. The van der Waals surface area contributed by atoms with E-state index < -0.39 is 16.2 Å². The molecule has 0 amide bonds. The Bertz CT molecular complexity index is 577. The summed E-state index contributed by atoms with van der Waals surface area (Å²) in [6.07, 6.45) is 0.548. The van der Waals surface area contributed by atoms with Gasteiger partial charge in [-0.15, -0.1) is 0 Å². The van der Waals surface area contributed by atoms with Gasteiger partial charge in [-0.2, -0.15) is 12.7 Å². The lowest BCUT2D eigenvalue weighted by molar-refractivity contribution is -0.140. The third kappa shape index (κ3) is 6.43.